The molecule has 0 aliphatic heterocycles. The molecule has 6 nitrogen and oxygen atoms in total. The van der Waals surface area contributed by atoms with Crippen LogP contribution in [0.4, 0.5) is 11.5 Å². The van der Waals surface area contributed by atoms with Crippen molar-refractivity contribution in [2.24, 2.45) is 10.2 Å². The quantitative estimate of drug-likeness (QED) is 0.609. The average Bonchev–Trinajstić information content (AvgIpc) is 2.91. The van der Waals surface area contributed by atoms with Crippen molar-refractivity contribution in [3.63, 3.8) is 0 Å². The van der Waals surface area contributed by atoms with E-state index in [1.807, 2.05) is 67.8 Å². The third kappa shape index (κ3) is 3.22. The molecule has 0 amide bonds. The van der Waals surface area contributed by atoms with Crippen molar-refractivity contribution in [2.75, 3.05) is 13.2 Å². The lowest BCUT2D eigenvalue weighted by Gasteiger charge is -2.10. The summed E-state index contributed by atoms with van der Waals surface area (Å²) in [5, 5.41) is 8.70. The molecule has 0 N–H and O–H groups in total. The highest BCUT2D eigenvalue weighted by Gasteiger charge is 2.08. The molecule has 0 saturated heterocycles. The molecule has 0 bridgehead atoms. The number of hydrogen-bond acceptors (Lipinski definition) is 5. The topological polar surface area (TPSA) is 60.5 Å². The molecule has 2 aromatic heterocycles. The second kappa shape index (κ2) is 7.12. The molecule has 0 saturated carbocycles. The molecular weight excluding hydrogens is 304 g/mol. The van der Waals surface area contributed by atoms with Gasteiger partial charge < -0.3 is 9.47 Å². The van der Waals surface area contributed by atoms with Gasteiger partial charge >= 0.3 is 0 Å². The molecule has 6 heteroatoms. The second-order valence-corrected chi connectivity index (χ2v) is 5.15. The van der Waals surface area contributed by atoms with E-state index in [9.17, 15) is 0 Å². The zero-order chi connectivity index (χ0) is 16.9. The number of rotatable bonds is 6. The molecule has 0 radical (unpaired) electrons. The van der Waals surface area contributed by atoms with Crippen LogP contribution in [0.3, 0.4) is 0 Å². The maximum atomic E-state index is 5.62. The van der Waals surface area contributed by atoms with Gasteiger partial charge in [-0.3, -0.25) is 4.40 Å². The van der Waals surface area contributed by atoms with Gasteiger partial charge in [-0.05, 0) is 45.0 Å². The molecule has 0 aliphatic carbocycles. The van der Waals surface area contributed by atoms with Crippen LogP contribution >= 0.6 is 0 Å². The fourth-order valence-corrected chi connectivity index (χ4v) is 2.43. The Morgan fingerprint density at radius 1 is 1.00 bits per heavy atom. The van der Waals surface area contributed by atoms with Crippen LogP contribution < -0.4 is 9.47 Å². The first-order valence-corrected chi connectivity index (χ1v) is 7.98. The zero-order valence-corrected chi connectivity index (χ0v) is 14.1. The van der Waals surface area contributed by atoms with Gasteiger partial charge in [-0.2, -0.15) is 0 Å². The standard InChI is InChI=1S/C18H20N4O2/c1-4-23-15-10-9-14(12-16(15)24-5-2)20-21-18-13(3)19-17-8-6-7-11-22(17)18/h6-12H,4-5H2,1-3H3. The van der Waals surface area contributed by atoms with E-state index in [-0.39, 0.29) is 0 Å². The summed E-state index contributed by atoms with van der Waals surface area (Å²) in [4.78, 5) is 4.48. The molecule has 0 atom stereocenters. The third-order valence-electron chi connectivity index (χ3n) is 3.46. The fraction of sp³-hybridized carbons (Fsp3) is 0.278. The average molecular weight is 324 g/mol. The summed E-state index contributed by atoms with van der Waals surface area (Å²) in [6.45, 7) is 6.95. The van der Waals surface area contributed by atoms with Crippen LogP contribution in [0.1, 0.15) is 19.5 Å². The SMILES string of the molecule is CCOc1ccc(N=Nc2c(C)nc3ccccn23)cc1OCC. The Bertz CT molecular complexity index is 871. The van der Waals surface area contributed by atoms with Gasteiger partial charge in [-0.25, -0.2) is 4.98 Å². The van der Waals surface area contributed by atoms with E-state index in [1.165, 1.54) is 0 Å². The lowest BCUT2D eigenvalue weighted by atomic mass is 10.3. The highest BCUT2D eigenvalue weighted by molar-refractivity contribution is 5.53. The molecule has 0 fully saturated rings. The summed E-state index contributed by atoms with van der Waals surface area (Å²) < 4.78 is 13.1. The maximum Gasteiger partial charge on any atom is 0.182 e. The van der Waals surface area contributed by atoms with Crippen molar-refractivity contribution < 1.29 is 9.47 Å². The lowest BCUT2D eigenvalue weighted by molar-refractivity contribution is 0.288. The van der Waals surface area contributed by atoms with Gasteiger partial charge in [-0.15, -0.1) is 10.2 Å². The van der Waals surface area contributed by atoms with Gasteiger partial charge in [0.1, 0.15) is 5.65 Å². The van der Waals surface area contributed by atoms with Crippen molar-refractivity contribution >= 4 is 17.2 Å². The summed E-state index contributed by atoms with van der Waals surface area (Å²) in [5.74, 6) is 2.10. The van der Waals surface area contributed by atoms with E-state index in [0.717, 1.165) is 17.2 Å². The summed E-state index contributed by atoms with van der Waals surface area (Å²) in [6.07, 6.45) is 1.92. The number of pyridine rings is 1. The summed E-state index contributed by atoms with van der Waals surface area (Å²) in [5.41, 5.74) is 2.39. The van der Waals surface area contributed by atoms with Gasteiger partial charge in [0, 0.05) is 12.3 Å². The van der Waals surface area contributed by atoms with Crippen molar-refractivity contribution in [3.8, 4) is 11.5 Å². The summed E-state index contributed by atoms with van der Waals surface area (Å²) in [6, 6.07) is 11.4. The molecule has 2 heterocycles. The van der Waals surface area contributed by atoms with E-state index in [4.69, 9.17) is 9.47 Å². The Labute approximate surface area is 140 Å². The van der Waals surface area contributed by atoms with Crippen LogP contribution in [0.5, 0.6) is 11.5 Å². The third-order valence-corrected chi connectivity index (χ3v) is 3.46. The molecule has 0 aliphatic rings. The number of ether oxygens (including phenoxy) is 2. The normalized spacial score (nSPS) is 11.3. The molecular formula is C18H20N4O2. The van der Waals surface area contributed by atoms with Gasteiger partial charge in [-0.1, -0.05) is 6.07 Å². The second-order valence-electron chi connectivity index (χ2n) is 5.15. The van der Waals surface area contributed by atoms with Crippen LogP contribution in [0.15, 0.2) is 52.8 Å². The molecule has 124 valence electrons. The predicted octanol–water partition coefficient (Wildman–Crippen LogP) is 4.86. The monoisotopic (exact) mass is 324 g/mol. The van der Waals surface area contributed by atoms with E-state index >= 15 is 0 Å². The minimum absolute atomic E-state index is 0.563. The number of aryl methyl sites for hydroxylation is 1. The first-order chi connectivity index (χ1) is 11.7. The van der Waals surface area contributed by atoms with Crippen LogP contribution in [-0.2, 0) is 0 Å². The van der Waals surface area contributed by atoms with Gasteiger partial charge in [0.15, 0.2) is 17.3 Å². The lowest BCUT2D eigenvalue weighted by Crippen LogP contribution is -1.97. The number of hydrogen-bond donors (Lipinski definition) is 0. The summed E-state index contributed by atoms with van der Waals surface area (Å²) >= 11 is 0. The number of nitrogens with zero attached hydrogens (tertiary/aromatic N) is 4. The molecule has 3 rings (SSSR count). The highest BCUT2D eigenvalue weighted by atomic mass is 16.5. The predicted molar refractivity (Wildman–Crippen MR) is 92.9 cm³/mol. The van der Waals surface area contributed by atoms with Crippen LogP contribution in [0.2, 0.25) is 0 Å². The minimum Gasteiger partial charge on any atom is -0.490 e. The smallest absolute Gasteiger partial charge is 0.182 e. The Morgan fingerprint density at radius 2 is 1.79 bits per heavy atom. The minimum atomic E-state index is 0.563. The van der Waals surface area contributed by atoms with Crippen LogP contribution in [0.25, 0.3) is 5.65 Å². The molecule has 24 heavy (non-hydrogen) atoms. The van der Waals surface area contributed by atoms with E-state index < -0.39 is 0 Å². The molecule has 3 aromatic rings. The summed E-state index contributed by atoms with van der Waals surface area (Å²) in [7, 11) is 0. The largest absolute Gasteiger partial charge is 0.490 e. The number of benzene rings is 1. The van der Waals surface area contributed by atoms with E-state index in [0.29, 0.717) is 30.4 Å². The van der Waals surface area contributed by atoms with E-state index in [1.54, 1.807) is 0 Å². The highest BCUT2D eigenvalue weighted by Crippen LogP contribution is 2.33. The Hall–Kier alpha value is -2.89. The fourth-order valence-electron chi connectivity index (χ4n) is 2.43. The van der Waals surface area contributed by atoms with Crippen molar-refractivity contribution in [1.82, 2.24) is 9.38 Å². The first kappa shape index (κ1) is 16.0. The number of fused-ring (bicyclic) bond motifs is 1. The van der Waals surface area contributed by atoms with Gasteiger partial charge in [0.2, 0.25) is 0 Å². The van der Waals surface area contributed by atoms with Crippen molar-refractivity contribution in [2.45, 2.75) is 20.8 Å². The van der Waals surface area contributed by atoms with Gasteiger partial charge in [0.25, 0.3) is 0 Å². The molecule has 1 aromatic carbocycles. The maximum absolute atomic E-state index is 5.62. The van der Waals surface area contributed by atoms with Gasteiger partial charge in [0.05, 0.1) is 24.6 Å². The van der Waals surface area contributed by atoms with Crippen molar-refractivity contribution in [3.05, 3.63) is 48.3 Å². The van der Waals surface area contributed by atoms with E-state index in [2.05, 4.69) is 15.2 Å². The number of aromatic nitrogens is 2. The van der Waals surface area contributed by atoms with Crippen LogP contribution in [0, 0.1) is 6.92 Å². The first-order valence-electron chi connectivity index (χ1n) is 7.98. The molecule has 0 spiro atoms. The number of imidazole rings is 1. The molecule has 0 unspecified atom stereocenters. The Morgan fingerprint density at radius 3 is 2.58 bits per heavy atom. The number of azo groups is 1. The zero-order valence-electron chi connectivity index (χ0n) is 14.1. The Kier molecular flexibility index (Phi) is 4.74. The van der Waals surface area contributed by atoms with Crippen LogP contribution in [-0.4, -0.2) is 22.6 Å². The Balaban J connectivity index is 1.93. The van der Waals surface area contributed by atoms with Crippen molar-refractivity contribution in [1.29, 1.82) is 0 Å².